The Hall–Kier alpha value is -2.50. The zero-order valence-corrected chi connectivity index (χ0v) is 10.3. The van der Waals surface area contributed by atoms with E-state index in [0.717, 1.165) is 0 Å². The van der Waals surface area contributed by atoms with Crippen molar-refractivity contribution in [3.8, 4) is 5.69 Å². The van der Waals surface area contributed by atoms with Crippen LogP contribution in [0.2, 0.25) is 0 Å². The highest BCUT2D eigenvalue weighted by Crippen LogP contribution is 2.06. The van der Waals surface area contributed by atoms with Crippen LogP contribution in [-0.4, -0.2) is 22.0 Å². The number of halogens is 1. The Morgan fingerprint density at radius 2 is 2.05 bits per heavy atom. The zero-order chi connectivity index (χ0) is 13.8. The molecule has 0 aliphatic rings. The molecule has 0 aliphatic heterocycles. The van der Waals surface area contributed by atoms with Crippen molar-refractivity contribution in [1.29, 1.82) is 0 Å². The normalized spacial score (nSPS) is 10.2. The molecule has 1 N–H and O–H groups in total. The minimum atomic E-state index is -0.493. The Balaban J connectivity index is 2.48. The van der Waals surface area contributed by atoms with Crippen LogP contribution in [0, 0.1) is 5.82 Å². The number of rotatable bonds is 3. The molecule has 0 radical (unpaired) electrons. The second kappa shape index (κ2) is 5.43. The van der Waals surface area contributed by atoms with E-state index in [2.05, 4.69) is 10.3 Å². The van der Waals surface area contributed by atoms with Crippen LogP contribution < -0.4 is 10.9 Å². The molecule has 2 rings (SSSR count). The quantitative estimate of drug-likeness (QED) is 0.900. The molecule has 0 fully saturated rings. The summed E-state index contributed by atoms with van der Waals surface area (Å²) in [7, 11) is 0. The number of benzene rings is 1. The summed E-state index contributed by atoms with van der Waals surface area (Å²) in [5.74, 6) is -0.874. The highest BCUT2D eigenvalue weighted by Gasteiger charge is 2.12. The predicted molar refractivity (Wildman–Crippen MR) is 67.8 cm³/mol. The van der Waals surface area contributed by atoms with Crippen molar-refractivity contribution < 1.29 is 9.18 Å². The largest absolute Gasteiger partial charge is 0.352 e. The molecule has 1 heterocycles. The van der Waals surface area contributed by atoms with E-state index < -0.39 is 17.3 Å². The maximum absolute atomic E-state index is 12.8. The maximum atomic E-state index is 12.8. The van der Waals surface area contributed by atoms with E-state index >= 15 is 0 Å². The molecule has 6 heteroatoms. The van der Waals surface area contributed by atoms with Crippen molar-refractivity contribution in [2.45, 2.75) is 6.92 Å². The highest BCUT2D eigenvalue weighted by atomic mass is 19.1. The molecule has 98 valence electrons. The molecule has 5 nitrogen and oxygen atoms in total. The van der Waals surface area contributed by atoms with Crippen LogP contribution in [-0.2, 0) is 0 Å². The van der Waals surface area contributed by atoms with Gasteiger partial charge in [0.2, 0.25) is 0 Å². The minimum absolute atomic E-state index is 0.0475. The molecule has 2 aromatic rings. The van der Waals surface area contributed by atoms with E-state index in [0.29, 0.717) is 12.2 Å². The van der Waals surface area contributed by atoms with E-state index in [9.17, 15) is 14.0 Å². The van der Waals surface area contributed by atoms with Gasteiger partial charge in [-0.1, -0.05) is 0 Å². The number of hydrogen-bond acceptors (Lipinski definition) is 3. The van der Waals surface area contributed by atoms with E-state index in [1.165, 1.54) is 41.4 Å². The summed E-state index contributed by atoms with van der Waals surface area (Å²) in [6.45, 7) is 2.18. The molecule has 1 aromatic heterocycles. The van der Waals surface area contributed by atoms with Crippen molar-refractivity contribution in [3.63, 3.8) is 0 Å². The molecular weight excluding hydrogens is 249 g/mol. The third-order valence-corrected chi connectivity index (χ3v) is 2.52. The fourth-order valence-corrected chi connectivity index (χ4v) is 1.61. The van der Waals surface area contributed by atoms with Crippen LogP contribution in [0.5, 0.6) is 0 Å². The van der Waals surface area contributed by atoms with Gasteiger partial charge in [-0.25, -0.2) is 9.37 Å². The molecule has 0 spiro atoms. The summed E-state index contributed by atoms with van der Waals surface area (Å²) in [5, 5.41) is 2.54. The number of nitrogens with zero attached hydrogens (tertiary/aromatic N) is 2. The Morgan fingerprint density at radius 1 is 1.37 bits per heavy atom. The Morgan fingerprint density at radius 3 is 2.68 bits per heavy atom. The summed E-state index contributed by atoms with van der Waals surface area (Å²) in [4.78, 5) is 27.7. The van der Waals surface area contributed by atoms with Gasteiger partial charge in [-0.15, -0.1) is 0 Å². The summed E-state index contributed by atoms with van der Waals surface area (Å²) >= 11 is 0. The lowest BCUT2D eigenvalue weighted by Crippen LogP contribution is -2.32. The smallest absolute Gasteiger partial charge is 0.270 e. The molecule has 1 aromatic carbocycles. The van der Waals surface area contributed by atoms with Gasteiger partial charge in [0.25, 0.3) is 11.5 Å². The van der Waals surface area contributed by atoms with E-state index in [-0.39, 0.29) is 5.56 Å². The van der Waals surface area contributed by atoms with Crippen LogP contribution in [0.1, 0.15) is 17.3 Å². The molecule has 0 unspecified atom stereocenters. The first-order chi connectivity index (χ1) is 9.13. The number of carbonyl (C=O) groups excluding carboxylic acids is 1. The third kappa shape index (κ3) is 2.67. The van der Waals surface area contributed by atoms with Crippen LogP contribution in [0.3, 0.4) is 0 Å². The molecular formula is C13H12FN3O2. The van der Waals surface area contributed by atoms with Crippen LogP contribution >= 0.6 is 0 Å². The van der Waals surface area contributed by atoms with Gasteiger partial charge in [-0.05, 0) is 31.2 Å². The van der Waals surface area contributed by atoms with Crippen molar-refractivity contribution in [1.82, 2.24) is 14.9 Å². The Labute approximate surface area is 108 Å². The lowest BCUT2D eigenvalue weighted by molar-refractivity contribution is 0.0953. The lowest BCUT2D eigenvalue weighted by Gasteiger charge is -2.07. The van der Waals surface area contributed by atoms with Crippen molar-refractivity contribution in [2.24, 2.45) is 0 Å². The summed E-state index contributed by atoms with van der Waals surface area (Å²) in [6.07, 6.45) is 2.51. The van der Waals surface area contributed by atoms with Gasteiger partial charge >= 0.3 is 0 Å². The first-order valence-corrected chi connectivity index (χ1v) is 5.74. The second-order valence-corrected chi connectivity index (χ2v) is 3.82. The third-order valence-electron chi connectivity index (χ3n) is 2.52. The number of aromatic nitrogens is 2. The van der Waals surface area contributed by atoms with E-state index in [1.54, 1.807) is 6.92 Å². The standard InChI is InChI=1S/C13H12FN3O2/c1-2-16-12(18)11-7-15-8-17(13(11)19)10-5-3-9(14)4-6-10/h3-8H,2H2,1H3,(H,16,18). The molecule has 0 atom stereocenters. The summed E-state index contributed by atoms with van der Waals surface area (Å²) in [6, 6.07) is 5.36. The van der Waals surface area contributed by atoms with Crippen molar-refractivity contribution in [3.05, 3.63) is 58.5 Å². The number of carbonyl (C=O) groups is 1. The van der Waals surface area contributed by atoms with Crippen LogP contribution in [0.4, 0.5) is 4.39 Å². The molecule has 19 heavy (non-hydrogen) atoms. The van der Waals surface area contributed by atoms with Crippen LogP contribution in [0.25, 0.3) is 5.69 Å². The van der Waals surface area contributed by atoms with Crippen molar-refractivity contribution >= 4 is 5.91 Å². The SMILES string of the molecule is CCNC(=O)c1cncn(-c2ccc(F)cc2)c1=O. The first-order valence-electron chi connectivity index (χ1n) is 5.74. The number of amides is 1. The second-order valence-electron chi connectivity index (χ2n) is 3.82. The van der Waals surface area contributed by atoms with Crippen molar-refractivity contribution in [2.75, 3.05) is 6.54 Å². The van der Waals surface area contributed by atoms with E-state index in [4.69, 9.17) is 0 Å². The molecule has 0 saturated heterocycles. The van der Waals surface area contributed by atoms with Gasteiger partial charge in [0, 0.05) is 12.7 Å². The number of nitrogens with one attached hydrogen (secondary N) is 1. The first kappa shape index (κ1) is 12.9. The van der Waals surface area contributed by atoms with Gasteiger partial charge < -0.3 is 5.32 Å². The van der Waals surface area contributed by atoms with Gasteiger partial charge in [-0.2, -0.15) is 0 Å². The lowest BCUT2D eigenvalue weighted by atomic mass is 10.2. The maximum Gasteiger partial charge on any atom is 0.270 e. The Bertz CT molecular complexity index is 650. The topological polar surface area (TPSA) is 64.0 Å². The summed E-state index contributed by atoms with van der Waals surface area (Å²) < 4.78 is 14.0. The highest BCUT2D eigenvalue weighted by molar-refractivity contribution is 5.93. The average Bonchev–Trinajstić information content (AvgIpc) is 2.40. The number of hydrogen-bond donors (Lipinski definition) is 1. The van der Waals surface area contributed by atoms with Gasteiger partial charge in [0.05, 0.1) is 5.69 Å². The molecule has 0 bridgehead atoms. The minimum Gasteiger partial charge on any atom is -0.352 e. The average molecular weight is 261 g/mol. The zero-order valence-electron chi connectivity index (χ0n) is 10.3. The van der Waals surface area contributed by atoms with E-state index in [1.807, 2.05) is 0 Å². The fourth-order valence-electron chi connectivity index (χ4n) is 1.61. The van der Waals surface area contributed by atoms with Gasteiger partial charge in [0.15, 0.2) is 0 Å². The Kier molecular flexibility index (Phi) is 3.70. The molecule has 0 aliphatic carbocycles. The molecule has 1 amide bonds. The fraction of sp³-hybridized carbons (Fsp3) is 0.154. The predicted octanol–water partition coefficient (Wildman–Crippen LogP) is 1.12. The van der Waals surface area contributed by atoms with Crippen LogP contribution in [0.15, 0.2) is 41.6 Å². The van der Waals surface area contributed by atoms with Gasteiger partial charge in [0.1, 0.15) is 17.7 Å². The summed E-state index contributed by atoms with van der Waals surface area (Å²) in [5.41, 5.74) is -0.0914. The van der Waals surface area contributed by atoms with Gasteiger partial charge in [-0.3, -0.25) is 14.2 Å². The monoisotopic (exact) mass is 261 g/mol. The molecule has 0 saturated carbocycles.